The highest BCUT2D eigenvalue weighted by molar-refractivity contribution is 9.10. The second-order valence-corrected chi connectivity index (χ2v) is 23.0. The Bertz CT molecular complexity index is 2800. The highest BCUT2D eigenvalue weighted by Crippen LogP contribution is 2.34. The van der Waals surface area contributed by atoms with Crippen molar-refractivity contribution in [2.24, 2.45) is 0 Å². The Morgan fingerprint density at radius 3 is 1.45 bits per heavy atom. The van der Waals surface area contributed by atoms with Crippen LogP contribution in [-0.2, 0) is 32.9 Å². The van der Waals surface area contributed by atoms with E-state index in [4.69, 9.17) is 19.4 Å². The van der Waals surface area contributed by atoms with Crippen molar-refractivity contribution in [3.8, 4) is 11.5 Å². The molecule has 6 aromatic rings. The smallest absolute Gasteiger partial charge is 0.246 e. The van der Waals surface area contributed by atoms with Crippen molar-refractivity contribution in [2.75, 3.05) is 76.4 Å². The van der Waals surface area contributed by atoms with Crippen LogP contribution < -0.4 is 19.3 Å². The molecule has 0 radical (unpaired) electrons. The lowest BCUT2D eigenvalue weighted by atomic mass is 9.99. The van der Waals surface area contributed by atoms with Gasteiger partial charge in [-0.15, -0.1) is 22.7 Å². The number of thiazole rings is 2. The number of rotatable bonds is 12. The summed E-state index contributed by atoms with van der Waals surface area (Å²) in [5.74, 6) is 0.707. The first-order valence-corrected chi connectivity index (χ1v) is 27.0. The molecule has 0 saturated carbocycles. The first-order valence-electron chi connectivity index (χ1n) is 20.7. The number of piperazine rings is 2. The number of nitrogens with zero attached hydrogens (tertiary/aromatic N) is 6. The van der Waals surface area contributed by atoms with Crippen molar-refractivity contribution in [2.45, 2.75) is 50.3 Å². The number of halogens is 2. The number of aryl methyl sites for hydroxylation is 3. The molecule has 18 heteroatoms. The third-order valence-corrected chi connectivity index (χ3v) is 18.4. The molecule has 64 heavy (non-hydrogen) atoms. The van der Waals surface area contributed by atoms with E-state index in [1.54, 1.807) is 59.1 Å². The Kier molecular flexibility index (Phi) is 15.6. The zero-order valence-corrected chi connectivity index (χ0v) is 43.1. The summed E-state index contributed by atoms with van der Waals surface area (Å²) in [6, 6.07) is 22.8. The van der Waals surface area contributed by atoms with E-state index < -0.39 is 20.0 Å². The number of methoxy groups -OCH3 is 2. The number of sulfonamides is 2. The molecule has 0 amide bonds. The first-order chi connectivity index (χ1) is 30.6. The topological polar surface area (TPSA) is 125 Å². The van der Waals surface area contributed by atoms with Gasteiger partial charge >= 0.3 is 0 Å². The Morgan fingerprint density at radius 1 is 0.578 bits per heavy atom. The molecule has 2 aliphatic heterocycles. The van der Waals surface area contributed by atoms with Crippen LogP contribution in [0.1, 0.15) is 44.8 Å². The molecular weight excluding hydrogens is 1020 g/mol. The van der Waals surface area contributed by atoms with E-state index in [2.05, 4.69) is 117 Å². The lowest BCUT2D eigenvalue weighted by molar-refractivity contribution is 0.373. The molecule has 0 atom stereocenters. The molecule has 2 aromatic heterocycles. The number of ether oxygens (including phenoxy) is 2. The maximum Gasteiger partial charge on any atom is 0.246 e. The predicted molar refractivity (Wildman–Crippen MR) is 265 cm³/mol. The lowest BCUT2D eigenvalue weighted by Gasteiger charge is -2.34. The van der Waals surface area contributed by atoms with Gasteiger partial charge in [-0.3, -0.25) is 0 Å². The zero-order chi connectivity index (χ0) is 45.8. The van der Waals surface area contributed by atoms with Crippen LogP contribution in [0.2, 0.25) is 0 Å². The van der Waals surface area contributed by atoms with Crippen LogP contribution in [-0.4, -0.2) is 102 Å². The van der Waals surface area contributed by atoms with Gasteiger partial charge in [-0.1, -0.05) is 68.3 Å². The minimum Gasteiger partial charge on any atom is -0.495 e. The molecule has 340 valence electrons. The highest BCUT2D eigenvalue weighted by Gasteiger charge is 2.33. The molecule has 4 aromatic carbocycles. The van der Waals surface area contributed by atoms with E-state index in [0.29, 0.717) is 72.8 Å². The molecular formula is C46H52Br2N6O6S4. The monoisotopic (exact) mass is 1070 g/mol. The van der Waals surface area contributed by atoms with Gasteiger partial charge < -0.3 is 19.3 Å². The number of benzene rings is 4. The fourth-order valence-corrected chi connectivity index (χ4v) is 13.8. The van der Waals surface area contributed by atoms with Gasteiger partial charge in [0.1, 0.15) is 21.3 Å². The number of aromatic nitrogens is 2. The Morgan fingerprint density at radius 2 is 1.00 bits per heavy atom. The number of anilines is 2. The molecule has 0 unspecified atom stereocenters. The molecule has 0 aliphatic carbocycles. The van der Waals surface area contributed by atoms with Gasteiger partial charge in [-0.2, -0.15) is 8.61 Å². The van der Waals surface area contributed by atoms with Gasteiger partial charge in [-0.25, -0.2) is 26.8 Å². The van der Waals surface area contributed by atoms with Crippen LogP contribution in [0.5, 0.6) is 11.5 Å². The van der Waals surface area contributed by atoms with Gasteiger partial charge in [-0.05, 0) is 97.5 Å². The summed E-state index contributed by atoms with van der Waals surface area (Å²) in [6.07, 6.45) is 1.62. The van der Waals surface area contributed by atoms with Crippen molar-refractivity contribution in [1.82, 2.24) is 18.6 Å². The molecule has 0 spiro atoms. The summed E-state index contributed by atoms with van der Waals surface area (Å²) in [5, 5.41) is 6.11. The van der Waals surface area contributed by atoms with Crippen molar-refractivity contribution in [3.05, 3.63) is 137 Å². The average Bonchev–Trinajstić information content (AvgIpc) is 3.97. The fraction of sp³-hybridized carbons (Fsp3) is 0.348. The molecule has 0 N–H and O–H groups in total. The molecule has 2 fully saturated rings. The highest BCUT2D eigenvalue weighted by atomic mass is 79.9. The van der Waals surface area contributed by atoms with Gasteiger partial charge in [0.05, 0.1) is 25.6 Å². The van der Waals surface area contributed by atoms with Crippen LogP contribution >= 0.6 is 54.5 Å². The average molecular weight is 1070 g/mol. The lowest BCUT2D eigenvalue weighted by Crippen LogP contribution is -2.48. The van der Waals surface area contributed by atoms with Gasteiger partial charge in [0.2, 0.25) is 20.0 Å². The first kappa shape index (κ1) is 48.1. The summed E-state index contributed by atoms with van der Waals surface area (Å²) >= 11 is 9.97. The van der Waals surface area contributed by atoms with Crippen LogP contribution in [0.3, 0.4) is 0 Å². The van der Waals surface area contributed by atoms with Gasteiger partial charge in [0.15, 0.2) is 10.3 Å². The van der Waals surface area contributed by atoms with Crippen molar-refractivity contribution >= 4 is 84.8 Å². The van der Waals surface area contributed by atoms with E-state index >= 15 is 0 Å². The number of hydrogen-bond acceptors (Lipinski definition) is 12. The summed E-state index contributed by atoms with van der Waals surface area (Å²) in [5.41, 5.74) is 9.87. The van der Waals surface area contributed by atoms with Crippen molar-refractivity contribution in [3.63, 3.8) is 0 Å². The minimum atomic E-state index is -3.64. The third kappa shape index (κ3) is 10.9. The third-order valence-electron chi connectivity index (χ3n) is 11.7. The largest absolute Gasteiger partial charge is 0.495 e. The normalized spacial score (nSPS) is 15.2. The van der Waals surface area contributed by atoms with Crippen LogP contribution in [0.15, 0.2) is 102 Å². The molecule has 2 saturated heterocycles. The van der Waals surface area contributed by atoms with Gasteiger partial charge in [0, 0.05) is 84.9 Å². The Labute approximate surface area is 402 Å². The van der Waals surface area contributed by atoms with E-state index in [9.17, 15) is 16.8 Å². The Balaban J connectivity index is 0.000000191. The molecule has 2 aliphatic rings. The predicted octanol–water partition coefficient (Wildman–Crippen LogP) is 9.27. The van der Waals surface area contributed by atoms with E-state index in [0.717, 1.165) is 34.5 Å². The van der Waals surface area contributed by atoms with Crippen LogP contribution in [0, 0.1) is 27.7 Å². The van der Waals surface area contributed by atoms with E-state index in [1.807, 2.05) is 0 Å². The maximum atomic E-state index is 13.2. The van der Waals surface area contributed by atoms with Crippen LogP contribution in [0.25, 0.3) is 0 Å². The summed E-state index contributed by atoms with van der Waals surface area (Å²) in [6.45, 7) is 12.6. The van der Waals surface area contributed by atoms with E-state index in [-0.39, 0.29) is 9.79 Å². The standard InChI is InChI=1S/2C23H26BrN3O3S2/c1-16-5-4-6-18(17(16)2)13-20-15-31-23(25-20)26-9-11-27(12-10-26)32(28,29)22-14-19(24)7-8-21(22)30-3;1-16-5-4-6-17(2)20(16)14-19-15-31-23(25-19)26-9-11-27(12-10-26)32(28,29)22-13-18(24)7-8-21(22)30-3/h4-8,14-15H,9-13H2,1-3H3;4-8,13,15H,9-12,14H2,1-3H3. The molecule has 0 bridgehead atoms. The molecule has 12 nitrogen and oxygen atoms in total. The Hall–Kier alpha value is -3.88. The summed E-state index contributed by atoms with van der Waals surface area (Å²) in [7, 11) is -4.32. The fourth-order valence-electron chi connectivity index (χ4n) is 7.77. The van der Waals surface area contributed by atoms with E-state index in [1.165, 1.54) is 56.2 Å². The zero-order valence-electron chi connectivity index (χ0n) is 36.7. The summed E-state index contributed by atoms with van der Waals surface area (Å²) in [4.78, 5) is 14.4. The maximum absolute atomic E-state index is 13.2. The van der Waals surface area contributed by atoms with Gasteiger partial charge in [0.25, 0.3) is 0 Å². The summed E-state index contributed by atoms with van der Waals surface area (Å²) < 4.78 is 67.9. The molecule has 4 heterocycles. The second-order valence-electron chi connectivity index (χ2n) is 15.7. The quantitative estimate of drug-likeness (QED) is 0.117. The molecule has 8 rings (SSSR count). The number of hydrogen-bond donors (Lipinski definition) is 0. The van der Waals surface area contributed by atoms with Crippen molar-refractivity contribution < 1.29 is 26.3 Å². The minimum absolute atomic E-state index is 0.188. The van der Waals surface area contributed by atoms with Crippen LogP contribution in [0.4, 0.5) is 10.3 Å². The second kappa shape index (κ2) is 20.7. The van der Waals surface area contributed by atoms with Crippen molar-refractivity contribution in [1.29, 1.82) is 0 Å². The SMILES string of the molecule is COc1ccc(Br)cc1S(=O)(=O)N1CCN(c2nc(Cc3c(C)cccc3C)cs2)CC1.COc1ccc(Br)cc1S(=O)(=O)N1CCN(c2nc(Cc3cccc(C)c3C)cs2)CC1.